The van der Waals surface area contributed by atoms with Gasteiger partial charge >= 0.3 is 0 Å². The van der Waals surface area contributed by atoms with Gasteiger partial charge in [-0.25, -0.2) is 9.97 Å². The molecule has 1 saturated heterocycles. The van der Waals surface area contributed by atoms with Crippen LogP contribution in [0.15, 0.2) is 6.07 Å². The van der Waals surface area contributed by atoms with E-state index in [2.05, 4.69) is 27.1 Å². The van der Waals surface area contributed by atoms with Crippen molar-refractivity contribution in [1.82, 2.24) is 14.9 Å². The van der Waals surface area contributed by atoms with Crippen molar-refractivity contribution < 1.29 is 0 Å². The number of aromatic nitrogens is 2. The van der Waals surface area contributed by atoms with Crippen LogP contribution in [0.3, 0.4) is 0 Å². The molecule has 0 bridgehead atoms. The Morgan fingerprint density at radius 3 is 2.68 bits per heavy atom. The van der Waals surface area contributed by atoms with Crippen LogP contribution in [-0.2, 0) is 0 Å². The Hall–Kier alpha value is -1.16. The third-order valence-electron chi connectivity index (χ3n) is 3.83. The first kappa shape index (κ1) is 14.3. The minimum absolute atomic E-state index is 0.756. The van der Waals surface area contributed by atoms with Gasteiger partial charge in [-0.3, -0.25) is 0 Å². The van der Waals surface area contributed by atoms with Gasteiger partial charge in [0.1, 0.15) is 0 Å². The lowest BCUT2D eigenvalue weighted by Gasteiger charge is -2.33. The highest BCUT2D eigenvalue weighted by atomic mass is 15.2. The van der Waals surface area contributed by atoms with Gasteiger partial charge in [0.25, 0.3) is 0 Å². The van der Waals surface area contributed by atoms with Crippen LogP contribution in [0.1, 0.15) is 44.0 Å². The molecule has 0 amide bonds. The second-order valence-corrected chi connectivity index (χ2v) is 5.64. The quantitative estimate of drug-likeness (QED) is 0.828. The molecule has 4 nitrogen and oxygen atoms in total. The largest absolute Gasteiger partial charge is 0.354 e. The van der Waals surface area contributed by atoms with Crippen LogP contribution in [0.2, 0.25) is 0 Å². The van der Waals surface area contributed by atoms with E-state index in [0.29, 0.717) is 0 Å². The van der Waals surface area contributed by atoms with Crippen LogP contribution < -0.4 is 5.32 Å². The molecule has 1 unspecified atom stereocenters. The number of piperidine rings is 1. The van der Waals surface area contributed by atoms with E-state index in [-0.39, 0.29) is 0 Å². The van der Waals surface area contributed by atoms with Crippen molar-refractivity contribution in [2.24, 2.45) is 0 Å². The molecule has 0 spiro atoms. The Bertz CT molecular complexity index is 385. The molecule has 1 atom stereocenters. The summed E-state index contributed by atoms with van der Waals surface area (Å²) in [5.41, 5.74) is 2.05. The maximum Gasteiger partial charge on any atom is 0.223 e. The fourth-order valence-corrected chi connectivity index (χ4v) is 2.78. The smallest absolute Gasteiger partial charge is 0.223 e. The SMILES string of the molecule is Cc1cc(C)nc(NCCCN2CCCCC2C)n1. The molecular weight excluding hydrogens is 236 g/mol. The lowest BCUT2D eigenvalue weighted by atomic mass is 10.0. The van der Waals surface area contributed by atoms with E-state index in [0.717, 1.165) is 36.3 Å². The van der Waals surface area contributed by atoms with Gasteiger partial charge in [0, 0.05) is 30.5 Å². The molecule has 19 heavy (non-hydrogen) atoms. The number of likely N-dealkylation sites (tertiary alicyclic amines) is 1. The predicted octanol–water partition coefficient (Wildman–Crippen LogP) is 2.77. The van der Waals surface area contributed by atoms with Crippen molar-refractivity contribution in [3.8, 4) is 0 Å². The lowest BCUT2D eigenvalue weighted by molar-refractivity contribution is 0.160. The molecule has 2 rings (SSSR count). The summed E-state index contributed by atoms with van der Waals surface area (Å²) in [6, 6.07) is 2.76. The number of hydrogen-bond acceptors (Lipinski definition) is 4. The third kappa shape index (κ3) is 4.46. The molecule has 106 valence electrons. The first-order chi connectivity index (χ1) is 9.15. The Balaban J connectivity index is 1.71. The summed E-state index contributed by atoms with van der Waals surface area (Å²) in [5.74, 6) is 0.768. The van der Waals surface area contributed by atoms with Crippen molar-refractivity contribution in [2.75, 3.05) is 25.0 Å². The Morgan fingerprint density at radius 2 is 2.00 bits per heavy atom. The molecule has 0 radical (unpaired) electrons. The summed E-state index contributed by atoms with van der Waals surface area (Å²) in [7, 11) is 0. The fourth-order valence-electron chi connectivity index (χ4n) is 2.78. The number of rotatable bonds is 5. The van der Waals surface area contributed by atoms with Crippen molar-refractivity contribution in [2.45, 2.75) is 52.5 Å². The van der Waals surface area contributed by atoms with Gasteiger partial charge < -0.3 is 10.2 Å². The van der Waals surface area contributed by atoms with E-state index in [4.69, 9.17) is 0 Å². The maximum atomic E-state index is 4.40. The van der Waals surface area contributed by atoms with Crippen LogP contribution >= 0.6 is 0 Å². The molecule has 0 aliphatic carbocycles. The van der Waals surface area contributed by atoms with E-state index in [1.54, 1.807) is 0 Å². The summed E-state index contributed by atoms with van der Waals surface area (Å²) in [6.45, 7) is 9.76. The molecule has 1 aromatic heterocycles. The zero-order valence-electron chi connectivity index (χ0n) is 12.4. The monoisotopic (exact) mass is 262 g/mol. The van der Waals surface area contributed by atoms with E-state index in [1.807, 2.05) is 19.9 Å². The van der Waals surface area contributed by atoms with Gasteiger partial charge in [-0.15, -0.1) is 0 Å². The topological polar surface area (TPSA) is 41.1 Å². The van der Waals surface area contributed by atoms with Crippen LogP contribution in [-0.4, -0.2) is 40.5 Å². The molecule has 0 aromatic carbocycles. The zero-order chi connectivity index (χ0) is 13.7. The number of hydrogen-bond donors (Lipinski definition) is 1. The summed E-state index contributed by atoms with van der Waals surface area (Å²) in [5, 5.41) is 3.33. The van der Waals surface area contributed by atoms with Crippen LogP contribution in [0.25, 0.3) is 0 Å². The van der Waals surface area contributed by atoms with Crippen LogP contribution in [0.4, 0.5) is 5.95 Å². The minimum Gasteiger partial charge on any atom is -0.354 e. The van der Waals surface area contributed by atoms with Gasteiger partial charge in [-0.05, 0) is 52.6 Å². The summed E-state index contributed by atoms with van der Waals surface area (Å²) < 4.78 is 0. The zero-order valence-corrected chi connectivity index (χ0v) is 12.4. The van der Waals surface area contributed by atoms with Gasteiger partial charge in [0.15, 0.2) is 0 Å². The number of nitrogens with one attached hydrogen (secondary N) is 1. The highest BCUT2D eigenvalue weighted by Crippen LogP contribution is 2.16. The van der Waals surface area contributed by atoms with E-state index >= 15 is 0 Å². The van der Waals surface area contributed by atoms with Crippen molar-refractivity contribution in [3.63, 3.8) is 0 Å². The lowest BCUT2D eigenvalue weighted by Crippen LogP contribution is -2.38. The molecule has 4 heteroatoms. The van der Waals surface area contributed by atoms with E-state index in [9.17, 15) is 0 Å². The summed E-state index contributed by atoms with van der Waals surface area (Å²) in [6.07, 6.45) is 5.26. The standard InChI is InChI=1S/C15H26N4/c1-12-11-13(2)18-15(17-12)16-8-6-10-19-9-5-4-7-14(19)3/h11,14H,4-10H2,1-3H3,(H,16,17,18). The second-order valence-electron chi connectivity index (χ2n) is 5.64. The maximum absolute atomic E-state index is 4.40. The fraction of sp³-hybridized carbons (Fsp3) is 0.733. The predicted molar refractivity (Wildman–Crippen MR) is 79.5 cm³/mol. The number of anilines is 1. The molecule has 1 N–H and O–H groups in total. The average Bonchev–Trinajstić information content (AvgIpc) is 2.35. The van der Waals surface area contributed by atoms with Crippen molar-refractivity contribution >= 4 is 5.95 Å². The third-order valence-corrected chi connectivity index (χ3v) is 3.83. The molecule has 1 aliphatic rings. The Labute approximate surface area is 116 Å². The van der Waals surface area contributed by atoms with Gasteiger partial charge in [-0.2, -0.15) is 0 Å². The van der Waals surface area contributed by atoms with Crippen molar-refractivity contribution in [1.29, 1.82) is 0 Å². The molecular formula is C15H26N4. The second kappa shape index (κ2) is 6.85. The number of nitrogens with zero attached hydrogens (tertiary/aromatic N) is 3. The molecule has 2 heterocycles. The van der Waals surface area contributed by atoms with Crippen LogP contribution in [0, 0.1) is 13.8 Å². The van der Waals surface area contributed by atoms with Crippen molar-refractivity contribution in [3.05, 3.63) is 17.5 Å². The van der Waals surface area contributed by atoms with E-state index in [1.165, 1.54) is 32.4 Å². The molecule has 1 aliphatic heterocycles. The minimum atomic E-state index is 0.756. The molecule has 1 fully saturated rings. The van der Waals surface area contributed by atoms with Crippen LogP contribution in [0.5, 0.6) is 0 Å². The molecule has 0 saturated carbocycles. The first-order valence-electron chi connectivity index (χ1n) is 7.45. The summed E-state index contributed by atoms with van der Waals surface area (Å²) in [4.78, 5) is 11.4. The molecule has 1 aromatic rings. The highest BCUT2D eigenvalue weighted by molar-refractivity contribution is 5.27. The van der Waals surface area contributed by atoms with Gasteiger partial charge in [-0.1, -0.05) is 6.42 Å². The average molecular weight is 262 g/mol. The van der Waals surface area contributed by atoms with E-state index < -0.39 is 0 Å². The van der Waals surface area contributed by atoms with Gasteiger partial charge in [0.2, 0.25) is 5.95 Å². The normalized spacial score (nSPS) is 20.5. The Kier molecular flexibility index (Phi) is 5.14. The highest BCUT2D eigenvalue weighted by Gasteiger charge is 2.16. The first-order valence-corrected chi connectivity index (χ1v) is 7.45. The number of aryl methyl sites for hydroxylation is 2. The summed E-state index contributed by atoms with van der Waals surface area (Å²) >= 11 is 0. The Morgan fingerprint density at radius 1 is 1.26 bits per heavy atom. The van der Waals surface area contributed by atoms with Gasteiger partial charge in [0.05, 0.1) is 0 Å².